The number of nitrogens with one attached hydrogen (secondary N) is 1. The van der Waals surface area contributed by atoms with Crippen LogP contribution in [0, 0.1) is 0 Å². The first kappa shape index (κ1) is 11.2. The zero-order valence-corrected chi connectivity index (χ0v) is 10.3. The van der Waals surface area contributed by atoms with E-state index in [0.29, 0.717) is 0 Å². The molecule has 4 heteroatoms. The fourth-order valence-electron chi connectivity index (χ4n) is 1.44. The number of halogens is 1. The normalized spacial score (nSPS) is 31.0. The lowest BCUT2D eigenvalue weighted by molar-refractivity contribution is -0.158. The second-order valence-corrected chi connectivity index (χ2v) is 5.64. The summed E-state index contributed by atoms with van der Waals surface area (Å²) in [6, 6.07) is 0. The monoisotopic (exact) mass is 297 g/mol. The van der Waals surface area contributed by atoms with E-state index in [1.54, 1.807) is 0 Å². The minimum Gasteiger partial charge on any atom is -0.457 e. The average Bonchev–Trinajstić information content (AvgIpc) is 2.04. The van der Waals surface area contributed by atoms with Crippen LogP contribution in [0.2, 0.25) is 0 Å². The number of hydrogen-bond acceptors (Lipinski definition) is 3. The third-order valence-corrected chi connectivity index (χ3v) is 2.74. The lowest BCUT2D eigenvalue weighted by atomic mass is 9.96. The molecule has 2 unspecified atom stereocenters. The predicted molar refractivity (Wildman–Crippen MR) is 60.1 cm³/mol. The van der Waals surface area contributed by atoms with E-state index in [4.69, 9.17) is 4.74 Å². The number of alkyl halides is 1. The van der Waals surface area contributed by atoms with Gasteiger partial charge in [0, 0.05) is 6.54 Å². The Labute approximate surface area is 92.7 Å². The summed E-state index contributed by atoms with van der Waals surface area (Å²) in [6.45, 7) is 5.66. The third-order valence-electron chi connectivity index (χ3n) is 2.23. The fourth-order valence-corrected chi connectivity index (χ4v) is 1.57. The second-order valence-electron chi connectivity index (χ2n) is 3.77. The van der Waals surface area contributed by atoms with Gasteiger partial charge in [-0.3, -0.25) is 4.79 Å². The van der Waals surface area contributed by atoms with Crippen molar-refractivity contribution in [3.8, 4) is 0 Å². The van der Waals surface area contributed by atoms with Crippen LogP contribution >= 0.6 is 22.6 Å². The first-order valence-corrected chi connectivity index (χ1v) is 5.86. The maximum Gasteiger partial charge on any atom is 0.319 e. The number of esters is 1. The summed E-state index contributed by atoms with van der Waals surface area (Å²) in [6.07, 6.45) is 2.05. The van der Waals surface area contributed by atoms with Gasteiger partial charge in [-0.1, -0.05) is 22.6 Å². The minimum absolute atomic E-state index is 0.0589. The smallest absolute Gasteiger partial charge is 0.319 e. The molecule has 0 aliphatic carbocycles. The standard InChI is InChI=1S/C9H16INO2/c1-7(10)8(12)13-9(2)4-3-5-11-6-9/h7,11H,3-6H2,1-2H3. The zero-order valence-electron chi connectivity index (χ0n) is 8.10. The second kappa shape index (κ2) is 4.59. The van der Waals surface area contributed by atoms with Crippen molar-refractivity contribution in [3.63, 3.8) is 0 Å². The van der Waals surface area contributed by atoms with Gasteiger partial charge in [0.2, 0.25) is 0 Å². The van der Waals surface area contributed by atoms with Gasteiger partial charge in [-0.05, 0) is 33.2 Å². The summed E-state index contributed by atoms with van der Waals surface area (Å²) in [5.41, 5.74) is -0.283. The maximum absolute atomic E-state index is 11.4. The SMILES string of the molecule is CC(I)C(=O)OC1(C)CCCNC1. The topological polar surface area (TPSA) is 38.3 Å². The first-order chi connectivity index (χ1) is 6.03. The summed E-state index contributed by atoms with van der Waals surface area (Å²) in [5.74, 6) is -0.105. The molecule has 1 aliphatic heterocycles. The van der Waals surface area contributed by atoms with E-state index < -0.39 is 0 Å². The van der Waals surface area contributed by atoms with Crippen LogP contribution in [0.4, 0.5) is 0 Å². The van der Waals surface area contributed by atoms with E-state index in [2.05, 4.69) is 27.9 Å². The minimum atomic E-state index is -0.283. The Kier molecular flexibility index (Phi) is 3.97. The Bertz CT molecular complexity index is 188. The van der Waals surface area contributed by atoms with Gasteiger partial charge >= 0.3 is 5.97 Å². The van der Waals surface area contributed by atoms with E-state index in [1.165, 1.54) is 0 Å². The van der Waals surface area contributed by atoms with E-state index in [9.17, 15) is 4.79 Å². The molecule has 2 atom stereocenters. The molecule has 13 heavy (non-hydrogen) atoms. The summed E-state index contributed by atoms with van der Waals surface area (Å²) >= 11 is 2.08. The number of carbonyl (C=O) groups is 1. The summed E-state index contributed by atoms with van der Waals surface area (Å²) in [4.78, 5) is 11.4. The quantitative estimate of drug-likeness (QED) is 0.477. The summed E-state index contributed by atoms with van der Waals surface area (Å²) in [7, 11) is 0. The van der Waals surface area contributed by atoms with E-state index in [1.807, 2.05) is 13.8 Å². The Morgan fingerprint density at radius 1 is 1.69 bits per heavy atom. The summed E-state index contributed by atoms with van der Waals surface area (Å²) in [5, 5.41) is 3.24. The molecule has 3 nitrogen and oxygen atoms in total. The van der Waals surface area contributed by atoms with Crippen LogP contribution in [0.5, 0.6) is 0 Å². The van der Waals surface area contributed by atoms with Gasteiger partial charge in [0.05, 0.1) is 0 Å². The van der Waals surface area contributed by atoms with Gasteiger partial charge in [0.15, 0.2) is 0 Å². The van der Waals surface area contributed by atoms with Crippen LogP contribution in [0.1, 0.15) is 26.7 Å². The average molecular weight is 297 g/mol. The highest BCUT2D eigenvalue weighted by Gasteiger charge is 2.31. The summed E-state index contributed by atoms with van der Waals surface area (Å²) < 4.78 is 5.37. The van der Waals surface area contributed by atoms with Crippen LogP contribution in [0.3, 0.4) is 0 Å². The molecule has 0 amide bonds. The van der Waals surface area contributed by atoms with Gasteiger partial charge < -0.3 is 10.1 Å². The molecule has 0 saturated carbocycles. The highest BCUT2D eigenvalue weighted by atomic mass is 127. The Morgan fingerprint density at radius 2 is 2.38 bits per heavy atom. The van der Waals surface area contributed by atoms with Crippen LogP contribution in [-0.4, -0.2) is 28.6 Å². The van der Waals surface area contributed by atoms with Gasteiger partial charge in [0.25, 0.3) is 0 Å². The molecule has 0 aromatic carbocycles. The molecule has 1 fully saturated rings. The number of hydrogen-bond donors (Lipinski definition) is 1. The molecule has 1 aliphatic rings. The number of ether oxygens (including phenoxy) is 1. The zero-order chi connectivity index (χ0) is 9.90. The highest BCUT2D eigenvalue weighted by molar-refractivity contribution is 14.1. The molecule has 76 valence electrons. The number of carbonyl (C=O) groups excluding carboxylic acids is 1. The first-order valence-electron chi connectivity index (χ1n) is 4.61. The molecule has 0 bridgehead atoms. The lowest BCUT2D eigenvalue weighted by Gasteiger charge is -2.34. The molecule has 1 N–H and O–H groups in total. The van der Waals surface area contributed by atoms with Crippen molar-refractivity contribution in [3.05, 3.63) is 0 Å². The fraction of sp³-hybridized carbons (Fsp3) is 0.889. The van der Waals surface area contributed by atoms with Crippen molar-refractivity contribution >= 4 is 28.6 Å². The number of rotatable bonds is 2. The molecule has 0 spiro atoms. The van der Waals surface area contributed by atoms with E-state index in [0.717, 1.165) is 25.9 Å². The van der Waals surface area contributed by atoms with E-state index >= 15 is 0 Å². The molecule has 0 aromatic heterocycles. The van der Waals surface area contributed by atoms with Crippen LogP contribution in [0.25, 0.3) is 0 Å². The van der Waals surface area contributed by atoms with Gasteiger partial charge in [0.1, 0.15) is 9.53 Å². The van der Waals surface area contributed by atoms with Gasteiger partial charge in [-0.15, -0.1) is 0 Å². The molecular formula is C9H16INO2. The van der Waals surface area contributed by atoms with Crippen LogP contribution in [-0.2, 0) is 9.53 Å². The van der Waals surface area contributed by atoms with Crippen molar-refractivity contribution in [2.75, 3.05) is 13.1 Å². The van der Waals surface area contributed by atoms with Crippen molar-refractivity contribution in [2.45, 2.75) is 36.2 Å². The maximum atomic E-state index is 11.4. The molecule has 0 aromatic rings. The van der Waals surface area contributed by atoms with Crippen molar-refractivity contribution < 1.29 is 9.53 Å². The Balaban J connectivity index is 2.45. The third kappa shape index (κ3) is 3.42. The molecule has 1 heterocycles. The van der Waals surface area contributed by atoms with Crippen LogP contribution < -0.4 is 5.32 Å². The van der Waals surface area contributed by atoms with Crippen molar-refractivity contribution in [1.29, 1.82) is 0 Å². The molecular weight excluding hydrogens is 281 g/mol. The highest BCUT2D eigenvalue weighted by Crippen LogP contribution is 2.21. The molecule has 1 rings (SSSR count). The molecule has 0 radical (unpaired) electrons. The molecule has 1 saturated heterocycles. The van der Waals surface area contributed by atoms with E-state index in [-0.39, 0.29) is 15.5 Å². The van der Waals surface area contributed by atoms with Crippen molar-refractivity contribution in [2.24, 2.45) is 0 Å². The van der Waals surface area contributed by atoms with Gasteiger partial charge in [-0.2, -0.15) is 0 Å². The van der Waals surface area contributed by atoms with Crippen molar-refractivity contribution in [1.82, 2.24) is 5.32 Å². The Hall–Kier alpha value is 0.160. The predicted octanol–water partition coefficient (Wildman–Crippen LogP) is 1.50. The largest absolute Gasteiger partial charge is 0.457 e. The van der Waals surface area contributed by atoms with Crippen LogP contribution in [0.15, 0.2) is 0 Å². The Morgan fingerprint density at radius 3 is 2.85 bits per heavy atom. The number of piperidine rings is 1. The van der Waals surface area contributed by atoms with Gasteiger partial charge in [-0.25, -0.2) is 0 Å². The lowest BCUT2D eigenvalue weighted by Crippen LogP contribution is -2.47.